The minimum absolute atomic E-state index is 0.0754. The van der Waals surface area contributed by atoms with Crippen LogP contribution in [0.2, 0.25) is 0 Å². The fraction of sp³-hybridized carbons (Fsp3) is 0.455. The van der Waals surface area contributed by atoms with Crippen molar-refractivity contribution in [1.82, 2.24) is 4.72 Å². The van der Waals surface area contributed by atoms with E-state index in [1.165, 1.54) is 25.3 Å². The van der Waals surface area contributed by atoms with Gasteiger partial charge in [0.05, 0.1) is 23.8 Å². The smallest absolute Gasteiger partial charge is 0.240 e. The standard InChI is InChI=1S/C11H18N2O4S/c1-8(14)5-6-13-18(15,16)9-3-4-11(17-2)10(12)7-9/h3-4,7-8,13-14H,5-6,12H2,1-2H3. The van der Waals surface area contributed by atoms with Crippen molar-refractivity contribution in [2.24, 2.45) is 0 Å². The molecular weight excluding hydrogens is 256 g/mol. The van der Waals surface area contributed by atoms with Gasteiger partial charge in [-0.15, -0.1) is 0 Å². The largest absolute Gasteiger partial charge is 0.495 e. The third-order valence-electron chi connectivity index (χ3n) is 2.37. The monoisotopic (exact) mass is 274 g/mol. The number of rotatable bonds is 6. The van der Waals surface area contributed by atoms with Gasteiger partial charge in [-0.25, -0.2) is 13.1 Å². The number of hydrogen-bond acceptors (Lipinski definition) is 5. The lowest BCUT2D eigenvalue weighted by molar-refractivity contribution is 0.186. The van der Waals surface area contributed by atoms with E-state index >= 15 is 0 Å². The summed E-state index contributed by atoms with van der Waals surface area (Å²) >= 11 is 0. The van der Waals surface area contributed by atoms with Gasteiger partial charge in [-0.05, 0) is 31.5 Å². The lowest BCUT2D eigenvalue weighted by Gasteiger charge is -2.10. The Balaban J connectivity index is 2.82. The molecule has 7 heteroatoms. The number of aliphatic hydroxyl groups excluding tert-OH is 1. The number of benzene rings is 1. The Hall–Kier alpha value is -1.31. The third-order valence-corrected chi connectivity index (χ3v) is 3.82. The molecule has 0 radical (unpaired) electrons. The lowest BCUT2D eigenvalue weighted by Crippen LogP contribution is -2.26. The van der Waals surface area contributed by atoms with Crippen LogP contribution in [0, 0.1) is 0 Å². The van der Waals surface area contributed by atoms with Crippen molar-refractivity contribution in [3.63, 3.8) is 0 Å². The number of nitrogens with two attached hydrogens (primary N) is 1. The summed E-state index contributed by atoms with van der Waals surface area (Å²) in [5.74, 6) is 0.429. The molecule has 1 rings (SSSR count). The second kappa shape index (κ2) is 6.03. The first-order valence-electron chi connectivity index (χ1n) is 5.48. The second-order valence-corrected chi connectivity index (χ2v) is 5.71. The van der Waals surface area contributed by atoms with Crippen molar-refractivity contribution < 1.29 is 18.3 Å². The maximum Gasteiger partial charge on any atom is 0.240 e. The number of methoxy groups -OCH3 is 1. The van der Waals surface area contributed by atoms with Crippen molar-refractivity contribution in [2.45, 2.75) is 24.3 Å². The van der Waals surface area contributed by atoms with Gasteiger partial charge in [-0.1, -0.05) is 0 Å². The number of ether oxygens (including phenoxy) is 1. The van der Waals surface area contributed by atoms with Crippen LogP contribution in [0.5, 0.6) is 5.75 Å². The molecule has 0 aromatic heterocycles. The van der Waals surface area contributed by atoms with Crippen LogP contribution in [-0.4, -0.2) is 33.3 Å². The highest BCUT2D eigenvalue weighted by Gasteiger charge is 2.15. The van der Waals surface area contributed by atoms with Gasteiger partial charge in [0.1, 0.15) is 5.75 Å². The highest BCUT2D eigenvalue weighted by atomic mass is 32.2. The first-order chi connectivity index (χ1) is 8.36. The van der Waals surface area contributed by atoms with Gasteiger partial charge < -0.3 is 15.6 Å². The molecule has 0 heterocycles. The minimum atomic E-state index is -3.60. The van der Waals surface area contributed by atoms with Crippen molar-refractivity contribution >= 4 is 15.7 Å². The van der Waals surface area contributed by atoms with E-state index in [1.54, 1.807) is 6.92 Å². The average Bonchev–Trinajstić information content (AvgIpc) is 2.28. The van der Waals surface area contributed by atoms with E-state index in [9.17, 15) is 8.42 Å². The molecule has 0 aliphatic heterocycles. The Kier molecular flexibility index (Phi) is 4.94. The molecule has 0 spiro atoms. The van der Waals surface area contributed by atoms with Crippen molar-refractivity contribution in [1.29, 1.82) is 0 Å². The molecule has 102 valence electrons. The molecule has 1 aromatic rings. The topological polar surface area (TPSA) is 102 Å². The number of hydrogen-bond donors (Lipinski definition) is 3. The molecule has 1 unspecified atom stereocenters. The summed E-state index contributed by atoms with van der Waals surface area (Å²) in [4.78, 5) is 0.0754. The molecule has 0 amide bonds. The Bertz CT molecular complexity index is 500. The van der Waals surface area contributed by atoms with Gasteiger partial charge in [0.25, 0.3) is 0 Å². The first kappa shape index (κ1) is 14.7. The first-order valence-corrected chi connectivity index (χ1v) is 6.96. The van der Waals surface area contributed by atoms with Crippen LogP contribution in [0.1, 0.15) is 13.3 Å². The quantitative estimate of drug-likeness (QED) is 0.649. The highest BCUT2D eigenvalue weighted by Crippen LogP contribution is 2.24. The number of nitrogens with one attached hydrogen (secondary N) is 1. The summed E-state index contributed by atoms with van der Waals surface area (Å²) < 4.78 is 31.1. The summed E-state index contributed by atoms with van der Waals surface area (Å²) in [6.07, 6.45) is -0.196. The molecular formula is C11H18N2O4S. The molecule has 1 atom stereocenters. The van der Waals surface area contributed by atoms with E-state index in [1.807, 2.05) is 0 Å². The number of aliphatic hydroxyl groups is 1. The average molecular weight is 274 g/mol. The number of sulfonamides is 1. The zero-order chi connectivity index (χ0) is 13.8. The Morgan fingerprint density at radius 3 is 2.67 bits per heavy atom. The van der Waals surface area contributed by atoms with Gasteiger partial charge >= 0.3 is 0 Å². The van der Waals surface area contributed by atoms with Crippen LogP contribution in [0.25, 0.3) is 0 Å². The van der Waals surface area contributed by atoms with Crippen LogP contribution in [0.3, 0.4) is 0 Å². The van der Waals surface area contributed by atoms with Gasteiger partial charge in [0.2, 0.25) is 10.0 Å². The zero-order valence-corrected chi connectivity index (χ0v) is 11.2. The predicted molar refractivity (Wildman–Crippen MR) is 68.9 cm³/mol. The summed E-state index contributed by atoms with van der Waals surface area (Å²) in [7, 11) is -2.14. The molecule has 6 nitrogen and oxygen atoms in total. The number of anilines is 1. The van der Waals surface area contributed by atoms with Crippen LogP contribution in [-0.2, 0) is 10.0 Å². The second-order valence-electron chi connectivity index (χ2n) is 3.94. The van der Waals surface area contributed by atoms with Crippen molar-refractivity contribution in [2.75, 3.05) is 19.4 Å². The molecule has 18 heavy (non-hydrogen) atoms. The Morgan fingerprint density at radius 1 is 1.50 bits per heavy atom. The maximum absolute atomic E-state index is 11.9. The van der Waals surface area contributed by atoms with Crippen molar-refractivity contribution in [3.8, 4) is 5.75 Å². The van der Waals surface area contributed by atoms with Gasteiger partial charge in [0, 0.05) is 6.54 Å². The fourth-order valence-corrected chi connectivity index (χ4v) is 2.45. The van der Waals surface area contributed by atoms with Crippen molar-refractivity contribution in [3.05, 3.63) is 18.2 Å². The lowest BCUT2D eigenvalue weighted by atomic mass is 10.3. The van der Waals surface area contributed by atoms with E-state index in [2.05, 4.69) is 4.72 Å². The van der Waals surface area contributed by atoms with Crippen LogP contribution < -0.4 is 15.2 Å². The van der Waals surface area contributed by atoms with Crippen LogP contribution in [0.15, 0.2) is 23.1 Å². The molecule has 1 aromatic carbocycles. The third kappa shape index (κ3) is 3.86. The molecule has 0 aliphatic carbocycles. The van der Waals surface area contributed by atoms with Gasteiger partial charge in [0.15, 0.2) is 0 Å². The summed E-state index contributed by atoms with van der Waals surface area (Å²) in [5, 5.41) is 9.06. The fourth-order valence-electron chi connectivity index (χ4n) is 1.37. The summed E-state index contributed by atoms with van der Waals surface area (Å²) in [5.41, 5.74) is 5.91. The Morgan fingerprint density at radius 2 is 2.17 bits per heavy atom. The molecule has 0 aliphatic rings. The SMILES string of the molecule is COc1ccc(S(=O)(=O)NCCC(C)O)cc1N. The summed E-state index contributed by atoms with van der Waals surface area (Å²) in [6, 6.07) is 4.25. The highest BCUT2D eigenvalue weighted by molar-refractivity contribution is 7.89. The van der Waals surface area contributed by atoms with E-state index in [4.69, 9.17) is 15.6 Å². The molecule has 0 bridgehead atoms. The van der Waals surface area contributed by atoms with E-state index in [0.29, 0.717) is 12.2 Å². The Labute approximate surface area is 107 Å². The maximum atomic E-state index is 11.9. The van der Waals surface area contributed by atoms with Gasteiger partial charge in [-0.3, -0.25) is 0 Å². The predicted octanol–water partition coefficient (Wildman–Crippen LogP) is 0.327. The minimum Gasteiger partial charge on any atom is -0.495 e. The number of nitrogen functional groups attached to an aromatic ring is 1. The van der Waals surface area contributed by atoms with E-state index in [-0.39, 0.29) is 17.1 Å². The van der Waals surface area contributed by atoms with Gasteiger partial charge in [-0.2, -0.15) is 0 Å². The van der Waals surface area contributed by atoms with Crippen LogP contribution >= 0.6 is 0 Å². The summed E-state index contributed by atoms with van der Waals surface area (Å²) in [6.45, 7) is 1.77. The molecule has 0 fully saturated rings. The van der Waals surface area contributed by atoms with E-state index < -0.39 is 16.1 Å². The molecule has 0 saturated carbocycles. The van der Waals surface area contributed by atoms with E-state index in [0.717, 1.165) is 0 Å². The zero-order valence-electron chi connectivity index (χ0n) is 10.4. The molecule has 4 N–H and O–H groups in total. The van der Waals surface area contributed by atoms with Crippen LogP contribution in [0.4, 0.5) is 5.69 Å². The molecule has 0 saturated heterocycles. The normalized spacial score (nSPS) is 13.3.